The summed E-state index contributed by atoms with van der Waals surface area (Å²) in [4.78, 5) is 10.3. The molecule has 0 atom stereocenters. The smallest absolute Gasteiger partial charge is 0.292 e. The molecule has 2 rings (SSSR count). The minimum absolute atomic E-state index is 0.00186. The molecule has 0 aliphatic rings. The number of rotatable bonds is 5. The number of nitro benzene ring substituents is 1. The number of aromatic hydroxyl groups is 1. The van der Waals surface area contributed by atoms with E-state index in [1.165, 1.54) is 13.2 Å². The van der Waals surface area contributed by atoms with Crippen molar-refractivity contribution >= 4 is 11.4 Å². The van der Waals surface area contributed by atoms with Gasteiger partial charge in [0.25, 0.3) is 5.69 Å². The van der Waals surface area contributed by atoms with E-state index in [0.29, 0.717) is 5.75 Å². The van der Waals surface area contributed by atoms with E-state index in [0.717, 1.165) is 23.8 Å². The molecule has 21 heavy (non-hydrogen) atoms. The minimum atomic E-state index is -0.584. The van der Waals surface area contributed by atoms with Gasteiger partial charge in [-0.05, 0) is 23.8 Å². The molecule has 6 nitrogen and oxygen atoms in total. The van der Waals surface area contributed by atoms with Gasteiger partial charge in [0, 0.05) is 18.7 Å². The van der Waals surface area contributed by atoms with Gasteiger partial charge in [0.05, 0.1) is 12.0 Å². The average Bonchev–Trinajstić information content (AvgIpc) is 2.46. The molecule has 0 radical (unpaired) electrons. The number of halogens is 1. The van der Waals surface area contributed by atoms with Gasteiger partial charge < -0.3 is 15.2 Å². The number of anilines is 1. The van der Waals surface area contributed by atoms with Crippen molar-refractivity contribution in [3.05, 3.63) is 57.9 Å². The number of methoxy groups -OCH3 is 1. The molecule has 0 fully saturated rings. The van der Waals surface area contributed by atoms with Crippen LogP contribution in [0.4, 0.5) is 15.8 Å². The number of nitrogens with zero attached hydrogens (tertiary/aromatic N) is 1. The van der Waals surface area contributed by atoms with Crippen molar-refractivity contribution in [3.8, 4) is 11.5 Å². The summed E-state index contributed by atoms with van der Waals surface area (Å²) in [5, 5.41) is 23.2. The first-order valence-corrected chi connectivity index (χ1v) is 6.05. The Hall–Kier alpha value is -2.83. The van der Waals surface area contributed by atoms with Crippen LogP contribution in [-0.4, -0.2) is 17.1 Å². The third-order valence-corrected chi connectivity index (χ3v) is 2.88. The highest BCUT2D eigenvalue weighted by molar-refractivity contribution is 5.61. The predicted octanol–water partition coefficient (Wildman–Crippen LogP) is 3.06. The van der Waals surface area contributed by atoms with Crippen LogP contribution in [0.5, 0.6) is 11.5 Å². The minimum Gasteiger partial charge on any atom is -0.504 e. The summed E-state index contributed by atoms with van der Waals surface area (Å²) in [5.41, 5.74) is 0.609. The Bertz CT molecular complexity index is 676. The van der Waals surface area contributed by atoms with E-state index in [1.807, 2.05) is 0 Å². The maximum absolute atomic E-state index is 13.2. The van der Waals surface area contributed by atoms with Crippen molar-refractivity contribution in [1.82, 2.24) is 0 Å². The van der Waals surface area contributed by atoms with Crippen LogP contribution in [-0.2, 0) is 6.54 Å². The standard InChI is InChI=1S/C14H13FN2O4/c1-21-14-6-9(2-5-13(14)18)8-16-11-7-10(15)3-4-12(11)17(19)20/h2-7,16,18H,8H2,1H3. The quantitative estimate of drug-likeness (QED) is 0.653. The summed E-state index contributed by atoms with van der Waals surface area (Å²) < 4.78 is 18.2. The summed E-state index contributed by atoms with van der Waals surface area (Å²) in [6.45, 7) is 0.223. The molecule has 2 aromatic carbocycles. The van der Waals surface area contributed by atoms with Crippen molar-refractivity contribution in [1.29, 1.82) is 0 Å². The maximum atomic E-state index is 13.2. The largest absolute Gasteiger partial charge is 0.504 e. The molecule has 0 aliphatic heterocycles. The summed E-state index contributed by atoms with van der Waals surface area (Å²) >= 11 is 0. The molecule has 0 amide bonds. The molecule has 0 aromatic heterocycles. The molecule has 7 heteroatoms. The zero-order valence-electron chi connectivity index (χ0n) is 11.2. The van der Waals surface area contributed by atoms with Gasteiger partial charge in [0.2, 0.25) is 0 Å². The molecule has 2 aromatic rings. The Morgan fingerprint density at radius 2 is 2.10 bits per heavy atom. The molecular formula is C14H13FN2O4. The van der Waals surface area contributed by atoms with Gasteiger partial charge >= 0.3 is 0 Å². The number of benzene rings is 2. The normalized spacial score (nSPS) is 10.2. The van der Waals surface area contributed by atoms with Crippen molar-refractivity contribution in [3.63, 3.8) is 0 Å². The molecule has 2 N–H and O–H groups in total. The van der Waals surface area contributed by atoms with E-state index < -0.39 is 10.7 Å². The molecule has 0 bridgehead atoms. The fraction of sp³-hybridized carbons (Fsp3) is 0.143. The Kier molecular flexibility index (Phi) is 4.22. The average molecular weight is 292 g/mol. The van der Waals surface area contributed by atoms with Gasteiger partial charge in [-0.2, -0.15) is 0 Å². The van der Waals surface area contributed by atoms with Crippen molar-refractivity contribution in [2.24, 2.45) is 0 Å². The van der Waals surface area contributed by atoms with Crippen LogP contribution < -0.4 is 10.1 Å². The monoisotopic (exact) mass is 292 g/mol. The second-order valence-electron chi connectivity index (χ2n) is 4.28. The second kappa shape index (κ2) is 6.08. The SMILES string of the molecule is COc1cc(CNc2cc(F)ccc2[N+](=O)[O-])ccc1O. The van der Waals surface area contributed by atoms with Gasteiger partial charge in [0.15, 0.2) is 11.5 Å². The van der Waals surface area contributed by atoms with Crippen LogP contribution in [0.25, 0.3) is 0 Å². The second-order valence-corrected chi connectivity index (χ2v) is 4.28. The van der Waals surface area contributed by atoms with E-state index in [-0.39, 0.29) is 23.7 Å². The highest BCUT2D eigenvalue weighted by atomic mass is 19.1. The summed E-state index contributed by atoms with van der Waals surface area (Å²) in [7, 11) is 1.42. The van der Waals surface area contributed by atoms with Crippen LogP contribution in [0.3, 0.4) is 0 Å². The molecule has 0 spiro atoms. The zero-order valence-corrected chi connectivity index (χ0v) is 11.2. The number of ether oxygens (including phenoxy) is 1. The van der Waals surface area contributed by atoms with Crippen LogP contribution >= 0.6 is 0 Å². The Labute approximate surface area is 119 Å². The third kappa shape index (κ3) is 3.38. The number of phenols is 1. The summed E-state index contributed by atoms with van der Waals surface area (Å²) in [6, 6.07) is 7.89. The first-order valence-electron chi connectivity index (χ1n) is 6.05. The fourth-order valence-corrected chi connectivity index (χ4v) is 1.84. The van der Waals surface area contributed by atoms with E-state index in [2.05, 4.69) is 5.32 Å². The van der Waals surface area contributed by atoms with Crippen molar-refractivity contribution in [2.75, 3.05) is 12.4 Å². The number of hydrogen-bond acceptors (Lipinski definition) is 5. The van der Waals surface area contributed by atoms with Gasteiger partial charge in [-0.25, -0.2) is 4.39 Å². The van der Waals surface area contributed by atoms with E-state index in [1.54, 1.807) is 12.1 Å². The number of nitro groups is 1. The molecule has 0 saturated carbocycles. The highest BCUT2D eigenvalue weighted by Gasteiger charge is 2.14. The first kappa shape index (κ1) is 14.6. The molecular weight excluding hydrogens is 279 g/mol. The van der Waals surface area contributed by atoms with Gasteiger partial charge in [-0.15, -0.1) is 0 Å². The number of hydrogen-bond donors (Lipinski definition) is 2. The lowest BCUT2D eigenvalue weighted by atomic mass is 10.2. The molecule has 0 aliphatic carbocycles. The predicted molar refractivity (Wildman–Crippen MR) is 75.0 cm³/mol. The van der Waals surface area contributed by atoms with Crippen molar-refractivity contribution < 1.29 is 19.2 Å². The molecule has 0 heterocycles. The lowest BCUT2D eigenvalue weighted by Crippen LogP contribution is -2.03. The van der Waals surface area contributed by atoms with Crippen LogP contribution in [0, 0.1) is 15.9 Å². The first-order chi connectivity index (χ1) is 10.0. The topological polar surface area (TPSA) is 84.6 Å². The van der Waals surface area contributed by atoms with Gasteiger partial charge in [0.1, 0.15) is 11.5 Å². The number of phenolic OH excluding ortho intramolecular Hbond substituents is 1. The van der Waals surface area contributed by atoms with Gasteiger partial charge in [-0.1, -0.05) is 6.07 Å². The molecule has 0 unspecified atom stereocenters. The zero-order chi connectivity index (χ0) is 15.4. The molecule has 0 saturated heterocycles. The lowest BCUT2D eigenvalue weighted by molar-refractivity contribution is -0.384. The van der Waals surface area contributed by atoms with Crippen LogP contribution in [0.15, 0.2) is 36.4 Å². The highest BCUT2D eigenvalue weighted by Crippen LogP contribution is 2.28. The summed E-state index contributed by atoms with van der Waals surface area (Å²) in [6.07, 6.45) is 0. The Morgan fingerprint density at radius 1 is 1.33 bits per heavy atom. The Balaban J connectivity index is 2.20. The molecule has 110 valence electrons. The fourth-order valence-electron chi connectivity index (χ4n) is 1.84. The van der Waals surface area contributed by atoms with Crippen molar-refractivity contribution in [2.45, 2.75) is 6.54 Å². The van der Waals surface area contributed by atoms with E-state index >= 15 is 0 Å². The number of nitrogens with one attached hydrogen (secondary N) is 1. The van der Waals surface area contributed by atoms with E-state index in [4.69, 9.17) is 4.74 Å². The Morgan fingerprint density at radius 3 is 2.76 bits per heavy atom. The third-order valence-electron chi connectivity index (χ3n) is 2.88. The van der Waals surface area contributed by atoms with Gasteiger partial charge in [-0.3, -0.25) is 10.1 Å². The summed E-state index contributed by atoms with van der Waals surface area (Å²) in [5.74, 6) is -0.271. The van der Waals surface area contributed by atoms with Crippen LogP contribution in [0.1, 0.15) is 5.56 Å². The van der Waals surface area contributed by atoms with Crippen LogP contribution in [0.2, 0.25) is 0 Å². The lowest BCUT2D eigenvalue weighted by Gasteiger charge is -2.09. The van der Waals surface area contributed by atoms with E-state index in [9.17, 15) is 19.6 Å². The maximum Gasteiger partial charge on any atom is 0.292 e.